The van der Waals surface area contributed by atoms with Gasteiger partial charge in [-0.15, -0.1) is 11.3 Å². The molecule has 1 aromatic heterocycles. The molecule has 6 heteroatoms. The molecule has 0 spiro atoms. The van der Waals surface area contributed by atoms with Crippen molar-refractivity contribution in [3.63, 3.8) is 0 Å². The van der Waals surface area contributed by atoms with Crippen LogP contribution in [-0.2, 0) is 16.6 Å². The lowest BCUT2D eigenvalue weighted by atomic mass is 10.3. The molecule has 0 aliphatic carbocycles. The number of anilines is 1. The van der Waals surface area contributed by atoms with Gasteiger partial charge in [-0.3, -0.25) is 0 Å². The van der Waals surface area contributed by atoms with Gasteiger partial charge in [0.2, 0.25) is 10.0 Å². The van der Waals surface area contributed by atoms with Crippen LogP contribution in [-0.4, -0.2) is 15.5 Å². The Kier molecular flexibility index (Phi) is 4.00. The number of rotatable bonds is 5. The smallest absolute Gasteiger partial charge is 0.240 e. The molecule has 0 saturated carbocycles. The van der Waals surface area contributed by atoms with Gasteiger partial charge < -0.3 is 5.32 Å². The first-order valence-electron chi connectivity index (χ1n) is 5.42. The number of nitrogens with one attached hydrogen (secondary N) is 2. The van der Waals surface area contributed by atoms with Crippen LogP contribution in [0, 0.1) is 0 Å². The largest absolute Gasteiger partial charge is 0.388 e. The summed E-state index contributed by atoms with van der Waals surface area (Å²) in [6.45, 7) is 0.327. The Labute approximate surface area is 111 Å². The highest BCUT2D eigenvalue weighted by molar-refractivity contribution is 7.89. The predicted octanol–water partition coefficient (Wildman–Crippen LogP) is 2.27. The second kappa shape index (κ2) is 5.51. The van der Waals surface area contributed by atoms with Gasteiger partial charge in [0.05, 0.1) is 4.90 Å². The quantitative estimate of drug-likeness (QED) is 0.884. The van der Waals surface area contributed by atoms with Crippen molar-refractivity contribution >= 4 is 27.0 Å². The van der Waals surface area contributed by atoms with Crippen LogP contribution in [0.4, 0.5) is 5.69 Å². The number of hydrogen-bond donors (Lipinski definition) is 2. The monoisotopic (exact) mass is 282 g/mol. The van der Waals surface area contributed by atoms with Crippen molar-refractivity contribution in [2.75, 3.05) is 12.4 Å². The van der Waals surface area contributed by atoms with E-state index in [-0.39, 0.29) is 4.90 Å². The summed E-state index contributed by atoms with van der Waals surface area (Å²) in [5, 5.41) is 4.87. The number of thiophene rings is 1. The molecule has 2 N–H and O–H groups in total. The van der Waals surface area contributed by atoms with E-state index >= 15 is 0 Å². The van der Waals surface area contributed by atoms with E-state index in [1.807, 2.05) is 17.5 Å². The summed E-state index contributed by atoms with van der Waals surface area (Å²) in [4.78, 5) is 1.27. The molecule has 0 amide bonds. The number of benzene rings is 1. The molecule has 96 valence electrons. The van der Waals surface area contributed by atoms with Crippen molar-refractivity contribution in [1.82, 2.24) is 4.72 Å². The highest BCUT2D eigenvalue weighted by Crippen LogP contribution is 2.14. The molecule has 0 saturated heterocycles. The maximum Gasteiger partial charge on any atom is 0.240 e. The van der Waals surface area contributed by atoms with Gasteiger partial charge in [-0.25, -0.2) is 13.1 Å². The third-order valence-corrected chi connectivity index (χ3v) is 4.76. The Morgan fingerprint density at radius 1 is 1.17 bits per heavy atom. The van der Waals surface area contributed by atoms with Crippen molar-refractivity contribution in [1.29, 1.82) is 0 Å². The van der Waals surface area contributed by atoms with Gasteiger partial charge in [0.1, 0.15) is 0 Å². The lowest BCUT2D eigenvalue weighted by molar-refractivity contribution is 0.582. The fourth-order valence-electron chi connectivity index (χ4n) is 1.46. The lowest BCUT2D eigenvalue weighted by Crippen LogP contribution is -2.22. The average molecular weight is 282 g/mol. The van der Waals surface area contributed by atoms with Gasteiger partial charge >= 0.3 is 0 Å². The Hall–Kier alpha value is -1.37. The summed E-state index contributed by atoms with van der Waals surface area (Å²) < 4.78 is 26.6. The molecule has 0 radical (unpaired) electrons. The zero-order valence-corrected chi connectivity index (χ0v) is 11.5. The molecule has 18 heavy (non-hydrogen) atoms. The molecule has 1 heterocycles. The first kappa shape index (κ1) is 13.1. The van der Waals surface area contributed by atoms with Crippen molar-refractivity contribution in [3.8, 4) is 0 Å². The van der Waals surface area contributed by atoms with Crippen LogP contribution in [0.15, 0.2) is 46.7 Å². The second-order valence-electron chi connectivity index (χ2n) is 3.68. The molecule has 0 aliphatic rings. The molecule has 1 aromatic carbocycles. The Bertz CT molecular complexity index is 590. The molecule has 0 atom stereocenters. The number of hydrogen-bond acceptors (Lipinski definition) is 4. The van der Waals surface area contributed by atoms with Gasteiger partial charge in [-0.1, -0.05) is 6.07 Å². The summed E-state index contributed by atoms with van der Waals surface area (Å²) in [7, 11) is -1.64. The van der Waals surface area contributed by atoms with E-state index in [0.29, 0.717) is 6.54 Å². The average Bonchev–Trinajstić information content (AvgIpc) is 2.90. The van der Waals surface area contributed by atoms with E-state index in [4.69, 9.17) is 0 Å². The maximum atomic E-state index is 12.0. The van der Waals surface area contributed by atoms with E-state index in [2.05, 4.69) is 10.0 Å². The van der Waals surface area contributed by atoms with Gasteiger partial charge in [0, 0.05) is 24.2 Å². The molecule has 2 aromatic rings. The molecule has 0 aliphatic heterocycles. The Balaban J connectivity index is 2.09. The summed E-state index contributed by atoms with van der Waals surface area (Å²) in [5.41, 5.74) is 0.882. The summed E-state index contributed by atoms with van der Waals surface area (Å²) in [6.07, 6.45) is 0. The number of sulfonamides is 1. The van der Waals surface area contributed by atoms with Crippen LogP contribution >= 0.6 is 11.3 Å². The van der Waals surface area contributed by atoms with Gasteiger partial charge in [-0.2, -0.15) is 0 Å². The van der Waals surface area contributed by atoms with E-state index in [9.17, 15) is 8.42 Å². The van der Waals surface area contributed by atoms with Crippen LogP contribution in [0.5, 0.6) is 0 Å². The third kappa shape index (κ3) is 3.10. The second-order valence-corrected chi connectivity index (χ2v) is 6.48. The van der Waals surface area contributed by atoms with Crippen molar-refractivity contribution in [2.45, 2.75) is 11.4 Å². The van der Waals surface area contributed by atoms with E-state index in [0.717, 1.165) is 10.6 Å². The first-order chi connectivity index (χ1) is 8.62. The normalized spacial score (nSPS) is 11.4. The molecular weight excluding hydrogens is 268 g/mol. The summed E-state index contributed by atoms with van der Waals surface area (Å²) in [6, 6.07) is 10.4. The fourth-order valence-corrected chi connectivity index (χ4v) is 3.21. The molecule has 0 bridgehead atoms. The van der Waals surface area contributed by atoms with Crippen LogP contribution < -0.4 is 10.0 Å². The minimum Gasteiger partial charge on any atom is -0.388 e. The van der Waals surface area contributed by atoms with Gasteiger partial charge in [-0.05, 0) is 35.7 Å². The molecule has 0 fully saturated rings. The topological polar surface area (TPSA) is 58.2 Å². The third-order valence-electron chi connectivity index (χ3n) is 2.47. The van der Waals surface area contributed by atoms with E-state index in [1.165, 1.54) is 11.3 Å². The minimum atomic E-state index is -3.43. The van der Waals surface area contributed by atoms with Gasteiger partial charge in [0.25, 0.3) is 0 Å². The first-order valence-corrected chi connectivity index (χ1v) is 7.78. The Morgan fingerprint density at radius 3 is 2.44 bits per heavy atom. The van der Waals surface area contributed by atoms with Crippen LogP contribution in [0.25, 0.3) is 0 Å². The van der Waals surface area contributed by atoms with Crippen LogP contribution in [0.1, 0.15) is 4.88 Å². The van der Waals surface area contributed by atoms with Crippen LogP contribution in [0.3, 0.4) is 0 Å². The SMILES string of the molecule is CNc1ccc(S(=O)(=O)NCc2cccs2)cc1. The highest BCUT2D eigenvalue weighted by Gasteiger charge is 2.13. The van der Waals surface area contributed by atoms with Gasteiger partial charge in [0.15, 0.2) is 0 Å². The molecule has 0 unspecified atom stereocenters. The van der Waals surface area contributed by atoms with E-state index < -0.39 is 10.0 Å². The van der Waals surface area contributed by atoms with Crippen molar-refractivity contribution < 1.29 is 8.42 Å². The fraction of sp³-hybridized carbons (Fsp3) is 0.167. The summed E-state index contributed by atoms with van der Waals surface area (Å²) >= 11 is 1.53. The Morgan fingerprint density at radius 2 is 1.89 bits per heavy atom. The lowest BCUT2D eigenvalue weighted by Gasteiger charge is -2.06. The van der Waals surface area contributed by atoms with Crippen molar-refractivity contribution in [3.05, 3.63) is 46.7 Å². The predicted molar refractivity (Wildman–Crippen MR) is 74.3 cm³/mol. The molecular formula is C12H14N2O2S2. The van der Waals surface area contributed by atoms with Crippen molar-refractivity contribution in [2.24, 2.45) is 0 Å². The minimum absolute atomic E-state index is 0.276. The zero-order chi connectivity index (χ0) is 13.0. The van der Waals surface area contributed by atoms with E-state index in [1.54, 1.807) is 31.3 Å². The van der Waals surface area contributed by atoms with Crippen LogP contribution in [0.2, 0.25) is 0 Å². The zero-order valence-electron chi connectivity index (χ0n) is 9.88. The maximum absolute atomic E-state index is 12.0. The summed E-state index contributed by atoms with van der Waals surface area (Å²) in [5.74, 6) is 0. The molecule has 2 rings (SSSR count). The molecule has 4 nitrogen and oxygen atoms in total. The standard InChI is InChI=1S/C12H14N2O2S2/c1-13-10-4-6-12(7-5-10)18(15,16)14-9-11-3-2-8-17-11/h2-8,13-14H,9H2,1H3. The highest BCUT2D eigenvalue weighted by atomic mass is 32.2.